The highest BCUT2D eigenvalue weighted by atomic mass is 16.5. The molecule has 0 bridgehead atoms. The maximum atomic E-state index is 11.3. The van der Waals surface area contributed by atoms with Crippen molar-refractivity contribution in [2.24, 2.45) is 0 Å². The molecule has 0 aromatic heterocycles. The van der Waals surface area contributed by atoms with Gasteiger partial charge in [-0.1, -0.05) is 0 Å². The van der Waals surface area contributed by atoms with Crippen molar-refractivity contribution in [3.63, 3.8) is 0 Å². The molecule has 0 saturated carbocycles. The molecule has 70 valence electrons. The highest BCUT2D eigenvalue weighted by Gasteiger charge is 2.21. The number of hydrogen-bond acceptors (Lipinski definition) is 3. The van der Waals surface area contributed by atoms with Gasteiger partial charge in [-0.25, -0.2) is 0 Å². The number of hydrogen-bond donors (Lipinski definition) is 1. The summed E-state index contributed by atoms with van der Waals surface area (Å²) >= 11 is 0. The van der Waals surface area contributed by atoms with Crippen LogP contribution in [0.5, 0.6) is 0 Å². The van der Waals surface area contributed by atoms with Gasteiger partial charge in [0.2, 0.25) is 0 Å². The predicted octanol–water partition coefficient (Wildman–Crippen LogP) is 0.707. The second-order valence-electron chi connectivity index (χ2n) is 2.93. The number of nitriles is 1. The van der Waals surface area contributed by atoms with E-state index in [4.69, 9.17) is 10.00 Å². The monoisotopic (exact) mass is 180 g/mol. The van der Waals surface area contributed by atoms with E-state index in [9.17, 15) is 4.79 Å². The fraction of sp³-hybridized carbons (Fsp3) is 0.556. The van der Waals surface area contributed by atoms with E-state index >= 15 is 0 Å². The zero-order valence-corrected chi connectivity index (χ0v) is 7.49. The largest absolute Gasteiger partial charge is 0.489 e. The molecular weight excluding hydrogens is 168 g/mol. The molecule has 2 atom stereocenters. The number of nitrogens with zero attached hydrogens (tertiary/aromatic N) is 1. The van der Waals surface area contributed by atoms with E-state index in [1.54, 1.807) is 6.92 Å². The van der Waals surface area contributed by atoms with E-state index in [1.807, 2.05) is 12.1 Å². The van der Waals surface area contributed by atoms with E-state index in [-0.39, 0.29) is 5.91 Å². The Labute approximate surface area is 77.2 Å². The summed E-state index contributed by atoms with van der Waals surface area (Å²) in [4.78, 5) is 11.3. The van der Waals surface area contributed by atoms with Crippen molar-refractivity contribution in [2.75, 3.05) is 0 Å². The SMILES string of the molecule is C[C@@H](C#N)NC(=O)C1CCC=CO1. The fourth-order valence-electron chi connectivity index (χ4n) is 1.07. The van der Waals surface area contributed by atoms with Crippen LogP contribution in [-0.4, -0.2) is 18.1 Å². The van der Waals surface area contributed by atoms with Gasteiger partial charge >= 0.3 is 0 Å². The summed E-state index contributed by atoms with van der Waals surface area (Å²) in [5.41, 5.74) is 0. The first-order valence-corrected chi connectivity index (χ1v) is 4.24. The number of amides is 1. The third-order valence-corrected chi connectivity index (χ3v) is 1.78. The Bertz CT molecular complexity index is 255. The highest BCUT2D eigenvalue weighted by Crippen LogP contribution is 2.10. The van der Waals surface area contributed by atoms with E-state index < -0.39 is 12.1 Å². The Hall–Kier alpha value is -1.50. The molecule has 4 nitrogen and oxygen atoms in total. The van der Waals surface area contributed by atoms with Crippen molar-refractivity contribution in [1.29, 1.82) is 5.26 Å². The summed E-state index contributed by atoms with van der Waals surface area (Å²) in [7, 11) is 0. The quantitative estimate of drug-likeness (QED) is 0.680. The van der Waals surface area contributed by atoms with Crippen LogP contribution in [0.3, 0.4) is 0 Å². The lowest BCUT2D eigenvalue weighted by atomic mass is 10.1. The van der Waals surface area contributed by atoms with Crippen LogP contribution in [0.2, 0.25) is 0 Å². The molecule has 1 N–H and O–H groups in total. The maximum Gasteiger partial charge on any atom is 0.262 e. The lowest BCUT2D eigenvalue weighted by Crippen LogP contribution is -2.40. The Morgan fingerprint density at radius 3 is 3.15 bits per heavy atom. The Morgan fingerprint density at radius 2 is 2.62 bits per heavy atom. The Balaban J connectivity index is 2.39. The summed E-state index contributed by atoms with van der Waals surface area (Å²) in [5.74, 6) is -0.210. The van der Waals surface area contributed by atoms with Crippen LogP contribution in [0.25, 0.3) is 0 Å². The van der Waals surface area contributed by atoms with Crippen molar-refractivity contribution in [1.82, 2.24) is 5.32 Å². The predicted molar refractivity (Wildman–Crippen MR) is 46.5 cm³/mol. The molecule has 1 amide bonds. The van der Waals surface area contributed by atoms with Gasteiger partial charge in [0.25, 0.3) is 5.91 Å². The van der Waals surface area contributed by atoms with E-state index in [1.165, 1.54) is 6.26 Å². The molecule has 0 aromatic rings. The molecule has 0 fully saturated rings. The molecule has 0 aromatic carbocycles. The number of carbonyl (C=O) groups is 1. The van der Waals surface area contributed by atoms with Crippen LogP contribution < -0.4 is 5.32 Å². The Morgan fingerprint density at radius 1 is 1.85 bits per heavy atom. The lowest BCUT2D eigenvalue weighted by Gasteiger charge is -2.19. The first-order valence-electron chi connectivity index (χ1n) is 4.24. The zero-order valence-electron chi connectivity index (χ0n) is 7.49. The molecule has 0 radical (unpaired) electrons. The second-order valence-corrected chi connectivity index (χ2v) is 2.93. The third-order valence-electron chi connectivity index (χ3n) is 1.78. The molecule has 1 aliphatic heterocycles. The van der Waals surface area contributed by atoms with Crippen LogP contribution in [-0.2, 0) is 9.53 Å². The van der Waals surface area contributed by atoms with Crippen LogP contribution >= 0.6 is 0 Å². The maximum absolute atomic E-state index is 11.3. The average Bonchev–Trinajstić information content (AvgIpc) is 2.19. The number of ether oxygens (including phenoxy) is 1. The van der Waals surface area contributed by atoms with Gasteiger partial charge in [0.15, 0.2) is 6.10 Å². The summed E-state index contributed by atoms with van der Waals surface area (Å²) < 4.78 is 5.08. The summed E-state index contributed by atoms with van der Waals surface area (Å²) in [6, 6.07) is 1.47. The molecule has 1 heterocycles. The van der Waals surface area contributed by atoms with Crippen LogP contribution in [0.1, 0.15) is 19.8 Å². The van der Waals surface area contributed by atoms with Gasteiger partial charge < -0.3 is 10.1 Å². The van der Waals surface area contributed by atoms with Crippen molar-refractivity contribution >= 4 is 5.91 Å². The third kappa shape index (κ3) is 2.79. The number of allylic oxidation sites excluding steroid dienone is 1. The topological polar surface area (TPSA) is 62.1 Å². The van der Waals surface area contributed by atoms with Gasteiger partial charge in [-0.3, -0.25) is 4.79 Å². The van der Waals surface area contributed by atoms with Crippen molar-refractivity contribution in [3.8, 4) is 6.07 Å². The fourth-order valence-corrected chi connectivity index (χ4v) is 1.07. The molecule has 1 rings (SSSR count). The van der Waals surface area contributed by atoms with E-state index in [0.717, 1.165) is 6.42 Å². The van der Waals surface area contributed by atoms with Gasteiger partial charge in [-0.15, -0.1) is 0 Å². The van der Waals surface area contributed by atoms with Gasteiger partial charge in [0.1, 0.15) is 6.04 Å². The minimum atomic E-state index is -0.456. The lowest BCUT2D eigenvalue weighted by molar-refractivity contribution is -0.130. The summed E-state index contributed by atoms with van der Waals surface area (Å²) in [6.07, 6.45) is 4.50. The average molecular weight is 180 g/mol. The van der Waals surface area contributed by atoms with Gasteiger partial charge in [0, 0.05) is 0 Å². The molecular formula is C9H12N2O2. The first-order chi connectivity index (χ1) is 6.24. The second kappa shape index (κ2) is 4.51. The molecule has 0 aliphatic carbocycles. The van der Waals surface area contributed by atoms with Crippen molar-refractivity contribution in [3.05, 3.63) is 12.3 Å². The van der Waals surface area contributed by atoms with Crippen molar-refractivity contribution < 1.29 is 9.53 Å². The minimum absolute atomic E-state index is 0.210. The molecule has 4 heteroatoms. The van der Waals surface area contributed by atoms with E-state index in [0.29, 0.717) is 6.42 Å². The Kier molecular flexibility index (Phi) is 3.32. The van der Waals surface area contributed by atoms with Gasteiger partial charge in [-0.05, 0) is 25.8 Å². The smallest absolute Gasteiger partial charge is 0.262 e. The number of nitrogens with one attached hydrogen (secondary N) is 1. The summed E-state index contributed by atoms with van der Waals surface area (Å²) in [5, 5.41) is 11.0. The van der Waals surface area contributed by atoms with Gasteiger partial charge in [0.05, 0.1) is 12.3 Å². The molecule has 0 saturated heterocycles. The van der Waals surface area contributed by atoms with Gasteiger partial charge in [-0.2, -0.15) is 5.26 Å². The molecule has 1 aliphatic rings. The molecule has 1 unspecified atom stereocenters. The highest BCUT2D eigenvalue weighted by molar-refractivity contribution is 5.81. The van der Waals surface area contributed by atoms with Crippen LogP contribution in [0.4, 0.5) is 0 Å². The summed E-state index contributed by atoms with van der Waals surface area (Å²) in [6.45, 7) is 1.64. The minimum Gasteiger partial charge on any atom is -0.489 e. The normalized spacial score (nSPS) is 22.6. The molecule has 13 heavy (non-hydrogen) atoms. The standard InChI is InChI=1S/C9H12N2O2/c1-7(6-10)11-9(12)8-4-2-3-5-13-8/h3,5,7-8H,2,4H2,1H3,(H,11,12)/t7-,8?/m0/s1. The number of carbonyl (C=O) groups excluding carboxylic acids is 1. The van der Waals surface area contributed by atoms with Crippen LogP contribution in [0.15, 0.2) is 12.3 Å². The number of rotatable bonds is 2. The van der Waals surface area contributed by atoms with Crippen LogP contribution in [0, 0.1) is 11.3 Å². The zero-order chi connectivity index (χ0) is 9.68. The molecule has 0 spiro atoms. The first kappa shape index (κ1) is 9.59. The van der Waals surface area contributed by atoms with Crippen molar-refractivity contribution in [2.45, 2.75) is 31.9 Å². The van der Waals surface area contributed by atoms with E-state index in [2.05, 4.69) is 5.32 Å².